The molecule has 0 saturated carbocycles. The molecule has 0 spiro atoms. The van der Waals surface area contributed by atoms with E-state index in [2.05, 4.69) is 30.1 Å². The summed E-state index contributed by atoms with van der Waals surface area (Å²) >= 11 is 0. The van der Waals surface area contributed by atoms with Gasteiger partial charge >= 0.3 is 0 Å². The van der Waals surface area contributed by atoms with Gasteiger partial charge in [-0.05, 0) is 38.5 Å². The highest BCUT2D eigenvalue weighted by Crippen LogP contribution is 2.22. The lowest BCUT2D eigenvalue weighted by molar-refractivity contribution is 0.211. The summed E-state index contributed by atoms with van der Waals surface area (Å²) in [4.78, 5) is 2.43. The van der Waals surface area contributed by atoms with Crippen LogP contribution in [-0.4, -0.2) is 31.6 Å². The Morgan fingerprint density at radius 3 is 2.10 bits per heavy atom. The fraction of sp³-hybridized carbons (Fsp3) is 0.611. The number of unbranched alkanes of at least 4 members (excludes halogenated alkanes) is 2. The van der Waals surface area contributed by atoms with E-state index < -0.39 is 5.54 Å². The standard InChI is InChI=1S/C18H29N3/c1-4-6-13-21(14-7-5-2)16-18(15-19,20-3)17-11-9-8-10-12-17/h8-12,20H,4-7,13-14,16H2,1-3H3. The third kappa shape index (κ3) is 5.15. The first-order chi connectivity index (χ1) is 10.2. The van der Waals surface area contributed by atoms with Gasteiger partial charge in [0.1, 0.15) is 5.54 Å². The summed E-state index contributed by atoms with van der Waals surface area (Å²) in [5, 5.41) is 13.1. The quantitative estimate of drug-likeness (QED) is 0.715. The van der Waals surface area contributed by atoms with Gasteiger partial charge in [0.25, 0.3) is 0 Å². The van der Waals surface area contributed by atoms with Gasteiger partial charge in [0.15, 0.2) is 0 Å². The molecule has 0 aliphatic carbocycles. The van der Waals surface area contributed by atoms with Crippen LogP contribution in [0.4, 0.5) is 0 Å². The van der Waals surface area contributed by atoms with Gasteiger partial charge in [-0.2, -0.15) is 5.26 Å². The molecule has 0 amide bonds. The van der Waals surface area contributed by atoms with Crippen molar-refractivity contribution >= 4 is 0 Å². The van der Waals surface area contributed by atoms with Crippen molar-refractivity contribution < 1.29 is 0 Å². The van der Waals surface area contributed by atoms with Crippen molar-refractivity contribution in [2.24, 2.45) is 0 Å². The summed E-state index contributed by atoms with van der Waals surface area (Å²) in [5.41, 5.74) is 0.427. The van der Waals surface area contributed by atoms with Crippen LogP contribution in [0.1, 0.15) is 45.1 Å². The molecule has 1 unspecified atom stereocenters. The van der Waals surface area contributed by atoms with Gasteiger partial charge in [0.2, 0.25) is 0 Å². The number of likely N-dealkylation sites (N-methyl/N-ethyl adjacent to an activating group) is 1. The number of rotatable bonds is 10. The van der Waals surface area contributed by atoms with Crippen LogP contribution in [0, 0.1) is 11.3 Å². The summed E-state index contributed by atoms with van der Waals surface area (Å²) < 4.78 is 0. The van der Waals surface area contributed by atoms with Crippen LogP contribution in [0.3, 0.4) is 0 Å². The number of nitrogens with zero attached hydrogens (tertiary/aromatic N) is 2. The molecule has 21 heavy (non-hydrogen) atoms. The molecule has 0 radical (unpaired) electrons. The number of hydrogen-bond donors (Lipinski definition) is 1. The van der Waals surface area contributed by atoms with Gasteiger partial charge in [0.05, 0.1) is 6.07 Å². The van der Waals surface area contributed by atoms with Crippen LogP contribution in [-0.2, 0) is 5.54 Å². The van der Waals surface area contributed by atoms with Crippen molar-refractivity contribution in [3.05, 3.63) is 35.9 Å². The molecule has 1 atom stereocenters. The summed E-state index contributed by atoms with van der Waals surface area (Å²) in [6.07, 6.45) is 4.74. The first kappa shape index (κ1) is 17.7. The highest BCUT2D eigenvalue weighted by Gasteiger charge is 2.32. The molecule has 3 heteroatoms. The summed E-state index contributed by atoms with van der Waals surface area (Å²) in [6.45, 7) is 7.29. The van der Waals surface area contributed by atoms with Crippen molar-refractivity contribution in [3.63, 3.8) is 0 Å². The van der Waals surface area contributed by atoms with Gasteiger partial charge in [-0.3, -0.25) is 5.32 Å². The molecule has 0 saturated heterocycles. The van der Waals surface area contributed by atoms with Crippen molar-refractivity contribution in [2.75, 3.05) is 26.7 Å². The molecule has 1 N–H and O–H groups in total. The zero-order valence-corrected chi connectivity index (χ0v) is 13.7. The van der Waals surface area contributed by atoms with Crippen molar-refractivity contribution in [1.82, 2.24) is 10.2 Å². The zero-order chi connectivity index (χ0) is 15.6. The van der Waals surface area contributed by atoms with Gasteiger partial charge in [-0.1, -0.05) is 57.0 Å². The Kier molecular flexibility index (Phi) is 8.04. The smallest absolute Gasteiger partial charge is 0.144 e. The predicted octanol–water partition coefficient (Wildman–Crippen LogP) is 3.53. The Balaban J connectivity index is 2.90. The Hall–Kier alpha value is -1.37. The molecule has 1 aromatic carbocycles. The largest absolute Gasteiger partial charge is 0.300 e. The van der Waals surface area contributed by atoms with Gasteiger partial charge in [-0.15, -0.1) is 0 Å². The van der Waals surface area contributed by atoms with Crippen LogP contribution in [0.2, 0.25) is 0 Å². The molecular weight excluding hydrogens is 258 g/mol. The number of benzene rings is 1. The highest BCUT2D eigenvalue weighted by atomic mass is 15.2. The fourth-order valence-corrected chi connectivity index (χ4v) is 2.56. The van der Waals surface area contributed by atoms with Crippen molar-refractivity contribution in [1.29, 1.82) is 5.26 Å². The molecule has 0 aromatic heterocycles. The maximum atomic E-state index is 9.79. The molecule has 0 fully saturated rings. The van der Waals surface area contributed by atoms with Crippen LogP contribution in [0.25, 0.3) is 0 Å². The minimum absolute atomic E-state index is 0.622. The van der Waals surface area contributed by atoms with Crippen LogP contribution >= 0.6 is 0 Å². The average molecular weight is 287 g/mol. The zero-order valence-electron chi connectivity index (χ0n) is 13.7. The molecule has 1 rings (SSSR count). The van der Waals surface area contributed by atoms with Crippen LogP contribution in [0.15, 0.2) is 30.3 Å². The van der Waals surface area contributed by atoms with E-state index in [1.165, 1.54) is 25.7 Å². The maximum absolute atomic E-state index is 9.79. The predicted molar refractivity (Wildman–Crippen MR) is 89.0 cm³/mol. The Morgan fingerprint density at radius 2 is 1.67 bits per heavy atom. The average Bonchev–Trinajstić information content (AvgIpc) is 2.55. The van der Waals surface area contributed by atoms with Crippen LogP contribution in [0.5, 0.6) is 0 Å². The lowest BCUT2D eigenvalue weighted by Crippen LogP contribution is -2.49. The van der Waals surface area contributed by atoms with E-state index in [9.17, 15) is 5.26 Å². The molecule has 0 bridgehead atoms. The first-order valence-electron chi connectivity index (χ1n) is 8.10. The van der Waals surface area contributed by atoms with E-state index in [0.29, 0.717) is 0 Å². The monoisotopic (exact) mass is 287 g/mol. The van der Waals surface area contributed by atoms with Gasteiger partial charge in [0, 0.05) is 6.54 Å². The molecule has 3 nitrogen and oxygen atoms in total. The second-order valence-electron chi connectivity index (χ2n) is 5.62. The lowest BCUT2D eigenvalue weighted by Gasteiger charge is -2.33. The molecule has 0 aliphatic rings. The summed E-state index contributed by atoms with van der Waals surface area (Å²) in [7, 11) is 1.88. The summed E-state index contributed by atoms with van der Waals surface area (Å²) in [6, 6.07) is 12.6. The lowest BCUT2D eigenvalue weighted by atomic mass is 9.90. The van der Waals surface area contributed by atoms with Gasteiger partial charge < -0.3 is 4.90 Å². The van der Waals surface area contributed by atoms with E-state index >= 15 is 0 Å². The van der Waals surface area contributed by atoms with E-state index in [-0.39, 0.29) is 0 Å². The third-order valence-corrected chi connectivity index (χ3v) is 4.00. The second-order valence-corrected chi connectivity index (χ2v) is 5.62. The molecule has 116 valence electrons. The maximum Gasteiger partial charge on any atom is 0.144 e. The molecular formula is C18H29N3. The number of nitriles is 1. The molecule has 0 aliphatic heterocycles. The van der Waals surface area contributed by atoms with E-state index in [1.54, 1.807) is 0 Å². The van der Waals surface area contributed by atoms with Crippen LogP contribution < -0.4 is 5.32 Å². The minimum atomic E-state index is -0.622. The topological polar surface area (TPSA) is 39.1 Å². The van der Waals surface area contributed by atoms with Crippen molar-refractivity contribution in [3.8, 4) is 6.07 Å². The SMILES string of the molecule is CCCCN(CCCC)CC(C#N)(NC)c1ccccc1. The van der Waals surface area contributed by atoms with E-state index in [1.807, 2.05) is 37.4 Å². The molecule has 0 heterocycles. The fourth-order valence-electron chi connectivity index (χ4n) is 2.56. The molecule has 1 aromatic rings. The number of nitrogens with one attached hydrogen (secondary N) is 1. The minimum Gasteiger partial charge on any atom is -0.300 e. The first-order valence-corrected chi connectivity index (χ1v) is 8.10. The number of hydrogen-bond acceptors (Lipinski definition) is 3. The third-order valence-electron chi connectivity index (χ3n) is 4.00. The summed E-state index contributed by atoms with van der Waals surface area (Å²) in [5.74, 6) is 0. The Morgan fingerprint density at radius 1 is 1.10 bits per heavy atom. The Labute approximate surface area is 130 Å². The van der Waals surface area contributed by atoms with E-state index in [0.717, 1.165) is 25.2 Å². The van der Waals surface area contributed by atoms with Gasteiger partial charge in [-0.25, -0.2) is 0 Å². The Bertz CT molecular complexity index is 416. The van der Waals surface area contributed by atoms with Crippen molar-refractivity contribution in [2.45, 2.75) is 45.1 Å². The highest BCUT2D eigenvalue weighted by molar-refractivity contribution is 5.31. The van der Waals surface area contributed by atoms with E-state index in [4.69, 9.17) is 0 Å². The second kappa shape index (κ2) is 9.55. The normalized spacial score (nSPS) is 13.9.